The summed E-state index contributed by atoms with van der Waals surface area (Å²) in [5.74, 6) is 1.58. The summed E-state index contributed by atoms with van der Waals surface area (Å²) in [5, 5.41) is 0. The average molecular weight is 309 g/mol. The zero-order valence-electron chi connectivity index (χ0n) is 14.6. The van der Waals surface area contributed by atoms with E-state index in [1.807, 2.05) is 20.8 Å². The molecule has 1 aliphatic carbocycles. The van der Waals surface area contributed by atoms with Gasteiger partial charge in [-0.2, -0.15) is 0 Å². The molecule has 126 valence electrons. The zero-order valence-corrected chi connectivity index (χ0v) is 14.6. The Morgan fingerprint density at radius 1 is 1.32 bits per heavy atom. The summed E-state index contributed by atoms with van der Waals surface area (Å²) in [6, 6.07) is 0. The molecule has 3 atom stereocenters. The van der Waals surface area contributed by atoms with Crippen molar-refractivity contribution < 1.29 is 14.3 Å². The molecule has 2 rings (SSSR count). The SMILES string of the molecule is CCC1CCCC(C2CN(C(=O)OC(C)(C)C)CCC2=O)C1. The molecule has 4 heteroatoms. The van der Waals surface area contributed by atoms with Crippen molar-refractivity contribution in [3.8, 4) is 0 Å². The van der Waals surface area contributed by atoms with Crippen molar-refractivity contribution in [1.29, 1.82) is 0 Å². The molecule has 1 aliphatic heterocycles. The van der Waals surface area contributed by atoms with Crippen LogP contribution in [0.4, 0.5) is 4.79 Å². The van der Waals surface area contributed by atoms with E-state index >= 15 is 0 Å². The number of carbonyl (C=O) groups excluding carboxylic acids is 2. The minimum Gasteiger partial charge on any atom is -0.444 e. The van der Waals surface area contributed by atoms with Crippen LogP contribution in [0.15, 0.2) is 0 Å². The number of hydrogen-bond acceptors (Lipinski definition) is 3. The standard InChI is InChI=1S/C18H31NO3/c1-5-13-7-6-8-14(11-13)15-12-19(10-9-16(15)20)17(21)22-18(2,3)4/h13-15H,5-12H2,1-4H3. The lowest BCUT2D eigenvalue weighted by Crippen LogP contribution is -2.48. The van der Waals surface area contributed by atoms with Gasteiger partial charge in [-0.3, -0.25) is 4.79 Å². The van der Waals surface area contributed by atoms with Gasteiger partial charge in [-0.15, -0.1) is 0 Å². The summed E-state index contributed by atoms with van der Waals surface area (Å²) in [6.45, 7) is 8.94. The van der Waals surface area contributed by atoms with Gasteiger partial charge in [0.25, 0.3) is 0 Å². The van der Waals surface area contributed by atoms with E-state index in [2.05, 4.69) is 6.92 Å². The molecule has 2 aliphatic rings. The predicted molar refractivity (Wildman–Crippen MR) is 86.7 cm³/mol. The van der Waals surface area contributed by atoms with E-state index in [9.17, 15) is 9.59 Å². The molecule has 1 saturated heterocycles. The second-order valence-corrected chi connectivity index (χ2v) is 7.95. The maximum atomic E-state index is 12.4. The topological polar surface area (TPSA) is 46.6 Å². The van der Waals surface area contributed by atoms with Crippen LogP contribution in [0, 0.1) is 17.8 Å². The van der Waals surface area contributed by atoms with Crippen LogP contribution in [0.5, 0.6) is 0 Å². The molecule has 0 bridgehead atoms. The van der Waals surface area contributed by atoms with Crippen LogP contribution in [-0.4, -0.2) is 35.5 Å². The third-order valence-corrected chi connectivity index (χ3v) is 5.08. The number of rotatable bonds is 2. The van der Waals surface area contributed by atoms with Crippen molar-refractivity contribution in [3.63, 3.8) is 0 Å². The molecular formula is C18H31NO3. The fraction of sp³-hybridized carbons (Fsp3) is 0.889. The Hall–Kier alpha value is -1.06. The molecule has 22 heavy (non-hydrogen) atoms. The first-order valence-corrected chi connectivity index (χ1v) is 8.80. The first kappa shape index (κ1) is 17.3. The van der Waals surface area contributed by atoms with Gasteiger partial charge < -0.3 is 9.64 Å². The lowest BCUT2D eigenvalue weighted by Gasteiger charge is -2.39. The molecule has 0 spiro atoms. The van der Waals surface area contributed by atoms with Gasteiger partial charge in [-0.25, -0.2) is 4.79 Å². The number of likely N-dealkylation sites (tertiary alicyclic amines) is 1. The number of hydrogen-bond donors (Lipinski definition) is 0. The Morgan fingerprint density at radius 2 is 2.05 bits per heavy atom. The molecule has 0 radical (unpaired) electrons. The van der Waals surface area contributed by atoms with Crippen LogP contribution in [0.3, 0.4) is 0 Å². The molecular weight excluding hydrogens is 278 g/mol. The highest BCUT2D eigenvalue weighted by molar-refractivity contribution is 5.84. The monoisotopic (exact) mass is 309 g/mol. The fourth-order valence-corrected chi connectivity index (χ4v) is 3.83. The van der Waals surface area contributed by atoms with Gasteiger partial charge in [0.05, 0.1) is 0 Å². The molecule has 3 unspecified atom stereocenters. The maximum Gasteiger partial charge on any atom is 0.410 e. The van der Waals surface area contributed by atoms with E-state index in [1.54, 1.807) is 4.90 Å². The van der Waals surface area contributed by atoms with Gasteiger partial charge >= 0.3 is 6.09 Å². The second kappa shape index (κ2) is 7.01. The normalized spacial score (nSPS) is 30.3. The molecule has 0 N–H and O–H groups in total. The van der Waals surface area contributed by atoms with Crippen molar-refractivity contribution in [2.75, 3.05) is 13.1 Å². The van der Waals surface area contributed by atoms with E-state index in [4.69, 9.17) is 4.74 Å². The number of Topliss-reactive ketones (excluding diaryl/α,β-unsaturated/α-hetero) is 1. The Balaban J connectivity index is 1.99. The average Bonchev–Trinajstić information content (AvgIpc) is 2.46. The summed E-state index contributed by atoms with van der Waals surface area (Å²) in [4.78, 5) is 26.4. The molecule has 0 aromatic heterocycles. The number of piperidine rings is 1. The van der Waals surface area contributed by atoms with Crippen LogP contribution in [0.2, 0.25) is 0 Å². The molecule has 1 amide bonds. The quantitative estimate of drug-likeness (QED) is 0.773. The molecule has 4 nitrogen and oxygen atoms in total. The Labute approximate surface area is 134 Å². The number of ether oxygens (including phenoxy) is 1. The Bertz CT molecular complexity index is 413. The highest BCUT2D eigenvalue weighted by Gasteiger charge is 2.38. The van der Waals surface area contributed by atoms with Crippen LogP contribution in [-0.2, 0) is 9.53 Å². The van der Waals surface area contributed by atoms with Crippen molar-refractivity contribution in [3.05, 3.63) is 0 Å². The van der Waals surface area contributed by atoms with Crippen molar-refractivity contribution in [2.24, 2.45) is 17.8 Å². The number of nitrogens with zero attached hydrogens (tertiary/aromatic N) is 1. The van der Waals surface area contributed by atoms with Gasteiger partial charge in [-0.05, 0) is 45.4 Å². The Morgan fingerprint density at radius 3 is 2.68 bits per heavy atom. The largest absolute Gasteiger partial charge is 0.444 e. The van der Waals surface area contributed by atoms with Crippen LogP contribution in [0.25, 0.3) is 0 Å². The van der Waals surface area contributed by atoms with E-state index in [-0.39, 0.29) is 12.0 Å². The number of amides is 1. The molecule has 0 aromatic carbocycles. The summed E-state index contributed by atoms with van der Waals surface area (Å²) in [6.07, 6.45) is 6.21. The first-order valence-electron chi connectivity index (χ1n) is 8.80. The maximum absolute atomic E-state index is 12.4. The highest BCUT2D eigenvalue weighted by atomic mass is 16.6. The lowest BCUT2D eigenvalue weighted by molar-refractivity contribution is -0.128. The number of ketones is 1. The van der Waals surface area contributed by atoms with Crippen LogP contribution >= 0.6 is 0 Å². The smallest absolute Gasteiger partial charge is 0.410 e. The van der Waals surface area contributed by atoms with E-state index in [0.717, 1.165) is 18.8 Å². The van der Waals surface area contributed by atoms with Crippen LogP contribution < -0.4 is 0 Å². The third kappa shape index (κ3) is 4.47. The molecule has 2 fully saturated rings. The summed E-state index contributed by atoms with van der Waals surface area (Å²) >= 11 is 0. The first-order chi connectivity index (χ1) is 10.3. The van der Waals surface area contributed by atoms with Crippen LogP contribution in [0.1, 0.15) is 66.2 Å². The highest BCUT2D eigenvalue weighted by Crippen LogP contribution is 2.37. The molecule has 0 aromatic rings. The number of carbonyl (C=O) groups is 2. The zero-order chi connectivity index (χ0) is 16.3. The van der Waals surface area contributed by atoms with E-state index < -0.39 is 5.60 Å². The minimum absolute atomic E-state index is 0.0237. The van der Waals surface area contributed by atoms with Gasteiger partial charge in [-0.1, -0.05) is 26.2 Å². The van der Waals surface area contributed by atoms with Gasteiger partial charge in [0, 0.05) is 25.4 Å². The van der Waals surface area contributed by atoms with Crippen molar-refractivity contribution in [1.82, 2.24) is 4.90 Å². The molecule has 1 heterocycles. The Kier molecular flexibility index (Phi) is 5.51. The van der Waals surface area contributed by atoms with Crippen molar-refractivity contribution >= 4 is 11.9 Å². The summed E-state index contributed by atoms with van der Waals surface area (Å²) in [7, 11) is 0. The van der Waals surface area contributed by atoms with Gasteiger partial charge in [0.15, 0.2) is 0 Å². The lowest BCUT2D eigenvalue weighted by atomic mass is 9.71. The summed E-state index contributed by atoms with van der Waals surface area (Å²) in [5.41, 5.74) is -0.480. The summed E-state index contributed by atoms with van der Waals surface area (Å²) < 4.78 is 5.47. The van der Waals surface area contributed by atoms with Gasteiger partial charge in [0.1, 0.15) is 11.4 Å². The molecule has 1 saturated carbocycles. The van der Waals surface area contributed by atoms with E-state index in [0.29, 0.717) is 31.2 Å². The minimum atomic E-state index is -0.480. The van der Waals surface area contributed by atoms with E-state index in [1.165, 1.54) is 19.3 Å². The van der Waals surface area contributed by atoms with Gasteiger partial charge in [0.2, 0.25) is 0 Å². The van der Waals surface area contributed by atoms with Crippen molar-refractivity contribution in [2.45, 2.75) is 71.8 Å². The second-order valence-electron chi connectivity index (χ2n) is 7.95. The fourth-order valence-electron chi connectivity index (χ4n) is 3.83. The third-order valence-electron chi connectivity index (χ3n) is 5.08. The predicted octanol–water partition coefficient (Wildman–Crippen LogP) is 4.03.